The molecule has 0 fully saturated rings. The van der Waals surface area contributed by atoms with Crippen LogP contribution in [0.3, 0.4) is 0 Å². The lowest BCUT2D eigenvalue weighted by atomic mass is 10.0. The summed E-state index contributed by atoms with van der Waals surface area (Å²) >= 11 is 0. The quantitative estimate of drug-likeness (QED) is 0.265. The minimum absolute atomic E-state index is 0.0643. The number of unbranched alkanes of at least 4 members (excludes halogenated alkanes) is 2. The van der Waals surface area contributed by atoms with Gasteiger partial charge in [0.25, 0.3) is 0 Å². The number of halogens is 7. The first kappa shape index (κ1) is 22.9. The van der Waals surface area contributed by atoms with Crippen molar-refractivity contribution in [2.24, 2.45) is 0 Å². The first-order valence-electron chi connectivity index (χ1n) is 9.68. The number of alkyl halides is 5. The molecule has 0 aliphatic carbocycles. The first-order valence-corrected chi connectivity index (χ1v) is 9.68. The van der Waals surface area contributed by atoms with E-state index >= 15 is 0 Å². The maximum Gasteiger partial charge on any atom is 0.429 e. The van der Waals surface area contributed by atoms with Crippen molar-refractivity contribution in [3.63, 3.8) is 0 Å². The van der Waals surface area contributed by atoms with Gasteiger partial charge < -0.3 is 4.74 Å². The van der Waals surface area contributed by atoms with E-state index in [2.05, 4.69) is 4.74 Å². The van der Waals surface area contributed by atoms with Crippen molar-refractivity contribution in [2.75, 3.05) is 0 Å². The summed E-state index contributed by atoms with van der Waals surface area (Å²) in [4.78, 5) is 0. The predicted molar refractivity (Wildman–Crippen MR) is 103 cm³/mol. The third-order valence-electron chi connectivity index (χ3n) is 4.89. The van der Waals surface area contributed by atoms with E-state index < -0.39 is 46.2 Å². The van der Waals surface area contributed by atoms with Gasteiger partial charge >= 0.3 is 12.3 Å². The zero-order chi connectivity index (χ0) is 22.8. The van der Waals surface area contributed by atoms with Crippen LogP contribution in [-0.2, 0) is 18.7 Å². The Morgan fingerprint density at radius 1 is 0.806 bits per heavy atom. The number of ether oxygens (including phenoxy) is 1. The van der Waals surface area contributed by atoms with E-state index in [1.54, 1.807) is 0 Å². The summed E-state index contributed by atoms with van der Waals surface area (Å²) in [5.41, 5.74) is -1.84. The minimum Gasteiger partial charge on any atom is -0.429 e. The molecule has 0 saturated carbocycles. The summed E-state index contributed by atoms with van der Waals surface area (Å²) in [5, 5.41) is -0.460. The molecular formula is C23H19F7O. The largest absolute Gasteiger partial charge is 0.429 e. The van der Waals surface area contributed by atoms with Crippen LogP contribution < -0.4 is 4.74 Å². The van der Waals surface area contributed by atoms with Gasteiger partial charge in [-0.2, -0.15) is 22.0 Å². The van der Waals surface area contributed by atoms with Gasteiger partial charge in [0, 0.05) is 5.39 Å². The lowest BCUT2D eigenvalue weighted by Gasteiger charge is -2.20. The lowest BCUT2D eigenvalue weighted by Crippen LogP contribution is -2.23. The molecule has 166 valence electrons. The first-order chi connectivity index (χ1) is 14.5. The minimum atomic E-state index is -4.89. The maximum absolute atomic E-state index is 14.6. The molecule has 0 N–H and O–H groups in total. The Morgan fingerprint density at radius 3 is 2.16 bits per heavy atom. The molecule has 3 rings (SSSR count). The molecular weight excluding hydrogens is 425 g/mol. The summed E-state index contributed by atoms with van der Waals surface area (Å²) in [5.74, 6) is -3.07. The molecule has 0 saturated heterocycles. The van der Waals surface area contributed by atoms with Gasteiger partial charge in [-0.15, -0.1) is 0 Å². The molecule has 0 heterocycles. The highest BCUT2D eigenvalue weighted by Crippen LogP contribution is 2.38. The molecule has 1 nitrogen and oxygen atoms in total. The van der Waals surface area contributed by atoms with Crippen molar-refractivity contribution >= 4 is 10.8 Å². The van der Waals surface area contributed by atoms with Crippen LogP contribution in [0.2, 0.25) is 0 Å². The summed E-state index contributed by atoms with van der Waals surface area (Å²) in [6.07, 6.45) is -5.64. The van der Waals surface area contributed by atoms with Crippen LogP contribution in [0.1, 0.15) is 42.9 Å². The fraction of sp³-hybridized carbons (Fsp3) is 0.304. The molecule has 3 aromatic carbocycles. The van der Waals surface area contributed by atoms with Crippen LogP contribution in [0.25, 0.3) is 10.8 Å². The van der Waals surface area contributed by atoms with Crippen molar-refractivity contribution in [1.82, 2.24) is 0 Å². The fourth-order valence-corrected chi connectivity index (χ4v) is 3.28. The van der Waals surface area contributed by atoms with Crippen LogP contribution in [0.4, 0.5) is 30.7 Å². The van der Waals surface area contributed by atoms with E-state index in [1.807, 2.05) is 6.92 Å². The average Bonchev–Trinajstić information content (AvgIpc) is 2.67. The van der Waals surface area contributed by atoms with Crippen molar-refractivity contribution in [3.8, 4) is 5.75 Å². The van der Waals surface area contributed by atoms with Crippen LogP contribution in [0.5, 0.6) is 5.75 Å². The molecule has 0 radical (unpaired) electrons. The number of fused-ring (bicyclic) bond motifs is 1. The number of hydrogen-bond donors (Lipinski definition) is 0. The Bertz CT molecular complexity index is 1070. The van der Waals surface area contributed by atoms with E-state index in [1.165, 1.54) is 6.07 Å². The monoisotopic (exact) mass is 444 g/mol. The third-order valence-corrected chi connectivity index (χ3v) is 4.89. The van der Waals surface area contributed by atoms with E-state index in [9.17, 15) is 30.7 Å². The summed E-state index contributed by atoms with van der Waals surface area (Å²) in [7, 11) is 0. The summed E-state index contributed by atoms with van der Waals surface area (Å²) in [6, 6.07) is 7.68. The molecule has 0 atom stereocenters. The second-order valence-corrected chi connectivity index (χ2v) is 7.20. The van der Waals surface area contributed by atoms with E-state index in [0.717, 1.165) is 55.7 Å². The van der Waals surface area contributed by atoms with Crippen LogP contribution in [-0.4, -0.2) is 0 Å². The summed E-state index contributed by atoms with van der Waals surface area (Å²) in [6.45, 7) is 2.01. The Kier molecular flexibility index (Phi) is 6.48. The molecule has 31 heavy (non-hydrogen) atoms. The highest BCUT2D eigenvalue weighted by molar-refractivity contribution is 5.85. The van der Waals surface area contributed by atoms with Gasteiger partial charge in [-0.25, -0.2) is 8.78 Å². The van der Waals surface area contributed by atoms with Gasteiger partial charge in [-0.1, -0.05) is 31.9 Å². The standard InChI is InChI=1S/C23H19F7O/c1-2-3-4-5-14-6-10-18(20(24)12-14)23(29,30)31-16-8-9-17-15(13-16)7-11-19(21(17)25)22(26,27)28/h6-13H,2-5H2,1H3. The third kappa shape index (κ3) is 5.11. The molecule has 0 unspecified atom stereocenters. The maximum atomic E-state index is 14.6. The highest BCUT2D eigenvalue weighted by atomic mass is 19.4. The predicted octanol–water partition coefficient (Wildman–Crippen LogP) is 8.00. The second kappa shape index (κ2) is 8.77. The Labute approximate surface area is 174 Å². The number of rotatable bonds is 7. The van der Waals surface area contributed by atoms with E-state index in [-0.39, 0.29) is 5.39 Å². The van der Waals surface area contributed by atoms with Gasteiger partial charge in [0.1, 0.15) is 17.4 Å². The van der Waals surface area contributed by atoms with Gasteiger partial charge in [0.15, 0.2) is 0 Å². The van der Waals surface area contributed by atoms with E-state index in [4.69, 9.17) is 0 Å². The molecule has 0 aliphatic heterocycles. The Morgan fingerprint density at radius 2 is 1.52 bits per heavy atom. The average molecular weight is 444 g/mol. The Balaban J connectivity index is 1.85. The van der Waals surface area contributed by atoms with Gasteiger partial charge in [0.2, 0.25) is 0 Å². The van der Waals surface area contributed by atoms with Gasteiger partial charge in [0.05, 0.1) is 11.1 Å². The SMILES string of the molecule is CCCCCc1ccc(C(F)(F)Oc2ccc3c(F)c(C(F)(F)F)ccc3c2)c(F)c1. The topological polar surface area (TPSA) is 9.23 Å². The van der Waals surface area contributed by atoms with Crippen LogP contribution >= 0.6 is 0 Å². The van der Waals surface area contributed by atoms with Gasteiger partial charge in [-0.3, -0.25) is 0 Å². The molecule has 8 heteroatoms. The fourth-order valence-electron chi connectivity index (χ4n) is 3.28. The van der Waals surface area contributed by atoms with Crippen molar-refractivity contribution in [2.45, 2.75) is 44.9 Å². The number of hydrogen-bond acceptors (Lipinski definition) is 1. The van der Waals surface area contributed by atoms with Crippen molar-refractivity contribution in [1.29, 1.82) is 0 Å². The van der Waals surface area contributed by atoms with Crippen LogP contribution in [0.15, 0.2) is 48.5 Å². The lowest BCUT2D eigenvalue weighted by molar-refractivity contribution is -0.187. The van der Waals surface area contributed by atoms with Crippen LogP contribution in [0, 0.1) is 11.6 Å². The highest BCUT2D eigenvalue weighted by Gasteiger charge is 2.38. The zero-order valence-corrected chi connectivity index (χ0v) is 16.5. The van der Waals surface area contributed by atoms with E-state index in [0.29, 0.717) is 18.1 Å². The molecule has 3 aromatic rings. The Hall–Kier alpha value is -2.77. The molecule has 0 aliphatic rings. The van der Waals surface area contributed by atoms with Gasteiger partial charge in [-0.05, 0) is 60.2 Å². The molecule has 0 spiro atoms. The second-order valence-electron chi connectivity index (χ2n) is 7.20. The van der Waals surface area contributed by atoms with Crippen molar-refractivity contribution in [3.05, 3.63) is 76.9 Å². The molecule has 0 amide bonds. The molecule has 0 bridgehead atoms. The number of aryl methyl sites for hydroxylation is 1. The molecule has 0 aromatic heterocycles. The normalized spacial score (nSPS) is 12.4. The zero-order valence-electron chi connectivity index (χ0n) is 16.5. The van der Waals surface area contributed by atoms with Crippen molar-refractivity contribution < 1.29 is 35.5 Å². The smallest absolute Gasteiger partial charge is 0.429 e. The number of benzene rings is 3. The summed E-state index contributed by atoms with van der Waals surface area (Å²) < 4.78 is 101.